The van der Waals surface area contributed by atoms with Gasteiger partial charge < -0.3 is 9.80 Å². The number of unbranched alkanes of at least 4 members (excludes halogenated alkanes) is 1. The maximum absolute atomic E-state index is 12.4. The van der Waals surface area contributed by atoms with Crippen molar-refractivity contribution in [3.63, 3.8) is 0 Å². The first-order valence-corrected chi connectivity index (χ1v) is 9.74. The SMILES string of the molecule is CCCCN1C(=O)C(=O)N(C[NH+]2CCN(C(=O)c3cccs3)CC2)C1=O. The molecule has 0 spiro atoms. The second kappa shape index (κ2) is 7.96. The molecule has 0 aliphatic carbocycles. The molecule has 0 atom stereocenters. The monoisotopic (exact) mass is 379 g/mol. The highest BCUT2D eigenvalue weighted by Gasteiger charge is 2.46. The van der Waals surface area contributed by atoms with Crippen LogP contribution in [0.4, 0.5) is 4.79 Å². The van der Waals surface area contributed by atoms with E-state index in [9.17, 15) is 19.2 Å². The molecular weight excluding hydrogens is 356 g/mol. The van der Waals surface area contributed by atoms with Gasteiger partial charge in [-0.05, 0) is 17.9 Å². The normalized spacial score (nSPS) is 19.0. The van der Waals surface area contributed by atoms with Crippen molar-refractivity contribution in [3.8, 4) is 0 Å². The van der Waals surface area contributed by atoms with Crippen LogP contribution in [0.15, 0.2) is 17.5 Å². The molecule has 140 valence electrons. The van der Waals surface area contributed by atoms with E-state index in [4.69, 9.17) is 0 Å². The number of carbonyl (C=O) groups is 4. The first kappa shape index (κ1) is 18.5. The number of urea groups is 1. The number of piperazine rings is 1. The van der Waals surface area contributed by atoms with E-state index < -0.39 is 17.8 Å². The van der Waals surface area contributed by atoms with Crippen molar-refractivity contribution in [2.45, 2.75) is 19.8 Å². The molecule has 3 heterocycles. The van der Waals surface area contributed by atoms with Gasteiger partial charge in [-0.2, -0.15) is 0 Å². The predicted octanol–water partition coefficient (Wildman–Crippen LogP) is -0.363. The zero-order chi connectivity index (χ0) is 18.7. The number of carbonyl (C=O) groups excluding carboxylic acids is 4. The minimum atomic E-state index is -0.740. The van der Waals surface area contributed by atoms with Crippen molar-refractivity contribution < 1.29 is 24.1 Å². The van der Waals surface area contributed by atoms with Gasteiger partial charge in [0, 0.05) is 6.54 Å². The van der Waals surface area contributed by atoms with Crippen molar-refractivity contribution in [1.82, 2.24) is 14.7 Å². The summed E-state index contributed by atoms with van der Waals surface area (Å²) in [5.41, 5.74) is 0. The second-order valence-corrected chi connectivity index (χ2v) is 7.45. The molecule has 26 heavy (non-hydrogen) atoms. The number of nitrogens with zero attached hydrogens (tertiary/aromatic N) is 3. The van der Waals surface area contributed by atoms with Crippen LogP contribution in [0.2, 0.25) is 0 Å². The smallest absolute Gasteiger partial charge is 0.327 e. The highest BCUT2D eigenvalue weighted by atomic mass is 32.1. The minimum Gasteiger partial charge on any atom is -0.327 e. The van der Waals surface area contributed by atoms with Crippen molar-refractivity contribution >= 4 is 35.1 Å². The van der Waals surface area contributed by atoms with E-state index in [1.807, 2.05) is 24.4 Å². The molecule has 0 saturated carbocycles. The van der Waals surface area contributed by atoms with Crippen LogP contribution in [-0.4, -0.2) is 77.8 Å². The maximum Gasteiger partial charge on any atom is 0.338 e. The summed E-state index contributed by atoms with van der Waals surface area (Å²) in [6.45, 7) is 4.83. The maximum atomic E-state index is 12.4. The molecule has 2 aliphatic rings. The topological polar surface area (TPSA) is 82.4 Å². The van der Waals surface area contributed by atoms with Gasteiger partial charge in [0.05, 0.1) is 31.1 Å². The van der Waals surface area contributed by atoms with Crippen LogP contribution in [0.3, 0.4) is 0 Å². The summed E-state index contributed by atoms with van der Waals surface area (Å²) >= 11 is 1.42. The number of quaternary nitrogens is 1. The first-order valence-electron chi connectivity index (χ1n) is 8.86. The third-order valence-electron chi connectivity index (χ3n) is 4.74. The third-order valence-corrected chi connectivity index (χ3v) is 5.60. The quantitative estimate of drug-likeness (QED) is 0.540. The lowest BCUT2D eigenvalue weighted by molar-refractivity contribution is -0.911. The lowest BCUT2D eigenvalue weighted by Crippen LogP contribution is -3.16. The summed E-state index contributed by atoms with van der Waals surface area (Å²) in [5.74, 6) is -1.45. The molecule has 1 aromatic rings. The Morgan fingerprint density at radius 3 is 2.46 bits per heavy atom. The van der Waals surface area contributed by atoms with Gasteiger partial charge in [0.2, 0.25) is 0 Å². The largest absolute Gasteiger partial charge is 0.338 e. The average molecular weight is 379 g/mol. The Labute approximate surface area is 155 Å². The average Bonchev–Trinajstić information content (AvgIpc) is 3.25. The molecular formula is C17H23N4O4S+. The van der Waals surface area contributed by atoms with Crippen molar-refractivity contribution in [1.29, 1.82) is 0 Å². The number of hydrogen-bond donors (Lipinski definition) is 1. The number of amides is 5. The Hall–Kier alpha value is -2.26. The first-order chi connectivity index (χ1) is 12.5. The lowest BCUT2D eigenvalue weighted by atomic mass is 10.3. The van der Waals surface area contributed by atoms with Crippen LogP contribution in [0.1, 0.15) is 29.4 Å². The van der Waals surface area contributed by atoms with Crippen molar-refractivity contribution in [2.24, 2.45) is 0 Å². The Kier molecular flexibility index (Phi) is 5.67. The Morgan fingerprint density at radius 2 is 1.85 bits per heavy atom. The van der Waals surface area contributed by atoms with Gasteiger partial charge in [-0.3, -0.25) is 19.3 Å². The highest BCUT2D eigenvalue weighted by molar-refractivity contribution is 7.12. The zero-order valence-electron chi connectivity index (χ0n) is 14.8. The predicted molar refractivity (Wildman–Crippen MR) is 94.6 cm³/mol. The summed E-state index contributed by atoms with van der Waals surface area (Å²) in [5, 5.41) is 1.88. The third kappa shape index (κ3) is 3.63. The number of imide groups is 2. The van der Waals surface area contributed by atoms with E-state index in [0.29, 0.717) is 32.6 Å². The van der Waals surface area contributed by atoms with Crippen LogP contribution >= 0.6 is 11.3 Å². The fourth-order valence-corrected chi connectivity index (χ4v) is 3.86. The number of thiophene rings is 1. The molecule has 0 aromatic carbocycles. The van der Waals surface area contributed by atoms with E-state index in [1.165, 1.54) is 11.3 Å². The molecule has 3 rings (SSSR count). The molecule has 5 amide bonds. The minimum absolute atomic E-state index is 0.0216. The molecule has 0 unspecified atom stereocenters. The zero-order valence-corrected chi connectivity index (χ0v) is 15.6. The summed E-state index contributed by atoms with van der Waals surface area (Å²) in [6, 6.07) is 3.15. The molecule has 1 N–H and O–H groups in total. The molecule has 8 nitrogen and oxygen atoms in total. The Balaban J connectivity index is 1.54. The molecule has 1 aromatic heterocycles. The molecule has 9 heteroatoms. The van der Waals surface area contributed by atoms with Crippen molar-refractivity contribution in [2.75, 3.05) is 39.4 Å². The fourth-order valence-electron chi connectivity index (χ4n) is 3.17. The fraction of sp³-hybridized carbons (Fsp3) is 0.529. The molecule has 0 bridgehead atoms. The van der Waals surface area contributed by atoms with E-state index >= 15 is 0 Å². The number of nitrogens with one attached hydrogen (secondary N) is 1. The van der Waals surface area contributed by atoms with Crippen LogP contribution in [0, 0.1) is 0 Å². The number of hydrogen-bond acceptors (Lipinski definition) is 5. The van der Waals surface area contributed by atoms with E-state index in [2.05, 4.69) is 0 Å². The van der Waals surface area contributed by atoms with Crippen LogP contribution in [0.25, 0.3) is 0 Å². The van der Waals surface area contributed by atoms with Gasteiger partial charge in [0.1, 0.15) is 0 Å². The lowest BCUT2D eigenvalue weighted by Gasteiger charge is -2.33. The number of rotatable bonds is 6. The molecule has 2 fully saturated rings. The van der Waals surface area contributed by atoms with Crippen molar-refractivity contribution in [3.05, 3.63) is 22.4 Å². The molecule has 0 radical (unpaired) electrons. The van der Waals surface area contributed by atoms with Gasteiger partial charge in [-0.15, -0.1) is 11.3 Å². The molecule has 2 saturated heterocycles. The van der Waals surface area contributed by atoms with Gasteiger partial charge >= 0.3 is 17.8 Å². The van der Waals surface area contributed by atoms with Gasteiger partial charge in [-0.25, -0.2) is 9.69 Å². The Morgan fingerprint density at radius 1 is 1.15 bits per heavy atom. The Bertz CT molecular complexity index is 698. The summed E-state index contributed by atoms with van der Waals surface area (Å²) in [6.07, 6.45) is 1.53. The second-order valence-electron chi connectivity index (χ2n) is 6.50. The standard InChI is InChI=1S/C17H22N4O4S/c1-2-3-6-20-15(23)16(24)21(17(20)25)12-18-7-9-19(10-8-18)14(22)13-5-4-11-26-13/h4-5,11H,2-3,6-10,12H2,1H3/p+1. The molecule has 2 aliphatic heterocycles. The summed E-state index contributed by atoms with van der Waals surface area (Å²) in [4.78, 5) is 54.5. The van der Waals surface area contributed by atoms with Crippen LogP contribution in [0.5, 0.6) is 0 Å². The summed E-state index contributed by atoms with van der Waals surface area (Å²) in [7, 11) is 0. The van der Waals surface area contributed by atoms with Gasteiger partial charge in [0.25, 0.3) is 5.91 Å². The van der Waals surface area contributed by atoms with Gasteiger partial charge in [0.15, 0.2) is 6.67 Å². The van der Waals surface area contributed by atoms with E-state index in [1.54, 1.807) is 4.90 Å². The van der Waals surface area contributed by atoms with E-state index in [-0.39, 0.29) is 19.1 Å². The highest BCUT2D eigenvalue weighted by Crippen LogP contribution is 2.13. The van der Waals surface area contributed by atoms with Gasteiger partial charge in [-0.1, -0.05) is 19.4 Å². The van der Waals surface area contributed by atoms with Crippen LogP contribution < -0.4 is 4.90 Å². The summed E-state index contributed by atoms with van der Waals surface area (Å²) < 4.78 is 0. The van der Waals surface area contributed by atoms with E-state index in [0.717, 1.165) is 26.0 Å². The van der Waals surface area contributed by atoms with Crippen LogP contribution in [-0.2, 0) is 9.59 Å².